The molecule has 1 unspecified atom stereocenters. The molecule has 0 aromatic carbocycles. The second-order valence-corrected chi connectivity index (χ2v) is 6.03. The third kappa shape index (κ3) is 2.76. The molecule has 1 atom stereocenters. The van der Waals surface area contributed by atoms with E-state index in [2.05, 4.69) is 16.5 Å². The van der Waals surface area contributed by atoms with Gasteiger partial charge in [0.1, 0.15) is 6.04 Å². The number of thiophene rings is 1. The molecule has 2 aromatic heterocycles. The number of carbonyl (C=O) groups is 1. The van der Waals surface area contributed by atoms with Gasteiger partial charge in [-0.1, -0.05) is 0 Å². The minimum Gasteiger partial charge on any atom is -0.334 e. The molecule has 2 N–H and O–H groups in total. The Morgan fingerprint density at radius 2 is 2.45 bits per heavy atom. The summed E-state index contributed by atoms with van der Waals surface area (Å²) in [7, 11) is 1.82. The molecule has 1 fully saturated rings. The van der Waals surface area contributed by atoms with E-state index in [4.69, 9.17) is 5.73 Å². The molecule has 0 aliphatic heterocycles. The Morgan fingerprint density at radius 3 is 3.00 bits per heavy atom. The fraction of sp³-hybridized carbons (Fsp3) is 0.429. The van der Waals surface area contributed by atoms with Crippen LogP contribution in [0.15, 0.2) is 29.2 Å². The first-order chi connectivity index (χ1) is 9.65. The monoisotopic (exact) mass is 290 g/mol. The molecule has 2 aromatic rings. The average Bonchev–Trinajstić information content (AvgIpc) is 2.97. The zero-order valence-corrected chi connectivity index (χ0v) is 12.2. The zero-order valence-electron chi connectivity index (χ0n) is 11.4. The summed E-state index contributed by atoms with van der Waals surface area (Å²) in [5.74, 6) is -0.00769. The Hall–Kier alpha value is -1.66. The molecule has 0 radical (unpaired) electrons. The van der Waals surface area contributed by atoms with E-state index in [1.165, 1.54) is 5.56 Å². The Morgan fingerprint density at radius 1 is 1.65 bits per heavy atom. The molecule has 2 heterocycles. The molecule has 6 heteroatoms. The van der Waals surface area contributed by atoms with Crippen LogP contribution in [0.5, 0.6) is 0 Å². The number of hydrogen-bond donors (Lipinski definition) is 1. The summed E-state index contributed by atoms with van der Waals surface area (Å²) < 4.78 is 1.67. The van der Waals surface area contributed by atoms with E-state index >= 15 is 0 Å². The number of nitrogens with zero attached hydrogens (tertiary/aromatic N) is 3. The van der Waals surface area contributed by atoms with Gasteiger partial charge in [-0.05, 0) is 35.2 Å². The van der Waals surface area contributed by atoms with Crippen molar-refractivity contribution >= 4 is 17.2 Å². The van der Waals surface area contributed by atoms with Crippen LogP contribution in [0.2, 0.25) is 0 Å². The number of amides is 1. The fourth-order valence-electron chi connectivity index (χ4n) is 2.27. The van der Waals surface area contributed by atoms with Crippen molar-refractivity contribution in [2.24, 2.45) is 12.8 Å². The van der Waals surface area contributed by atoms with Gasteiger partial charge >= 0.3 is 0 Å². The molecule has 1 aliphatic rings. The highest BCUT2D eigenvalue weighted by Crippen LogP contribution is 2.30. The summed E-state index contributed by atoms with van der Waals surface area (Å²) in [5.41, 5.74) is 8.05. The third-order valence-electron chi connectivity index (χ3n) is 3.55. The highest BCUT2D eigenvalue weighted by molar-refractivity contribution is 7.07. The van der Waals surface area contributed by atoms with Gasteiger partial charge in [0.05, 0.1) is 6.20 Å². The third-order valence-corrected chi connectivity index (χ3v) is 4.29. The van der Waals surface area contributed by atoms with E-state index in [-0.39, 0.29) is 5.91 Å². The van der Waals surface area contributed by atoms with Gasteiger partial charge < -0.3 is 10.6 Å². The normalized spacial score (nSPS) is 16.1. The lowest BCUT2D eigenvalue weighted by atomic mass is 10.1. The molecule has 1 saturated carbocycles. The Balaban J connectivity index is 1.75. The molecule has 0 saturated heterocycles. The van der Waals surface area contributed by atoms with Crippen molar-refractivity contribution in [1.29, 1.82) is 0 Å². The quantitative estimate of drug-likeness (QED) is 0.911. The number of rotatable bonds is 5. The maximum atomic E-state index is 12.6. The molecule has 20 heavy (non-hydrogen) atoms. The standard InChI is InChI=1S/C14H18N4OS/c1-17-8-11(6-16-17)13(15)14(19)18(12-2-3-12)7-10-4-5-20-9-10/h4-6,8-9,12-13H,2-3,7,15H2,1H3. The first kappa shape index (κ1) is 13.3. The van der Waals surface area contributed by atoms with Crippen LogP contribution < -0.4 is 5.73 Å². The first-order valence-electron chi connectivity index (χ1n) is 6.71. The molecular formula is C14H18N4OS. The van der Waals surface area contributed by atoms with Crippen LogP contribution >= 0.6 is 11.3 Å². The fourth-order valence-corrected chi connectivity index (χ4v) is 2.93. The highest BCUT2D eigenvalue weighted by atomic mass is 32.1. The number of aryl methyl sites for hydroxylation is 1. The van der Waals surface area contributed by atoms with Crippen molar-refractivity contribution in [3.63, 3.8) is 0 Å². The van der Waals surface area contributed by atoms with Crippen LogP contribution in [0, 0.1) is 0 Å². The minimum absolute atomic E-state index is 0.00769. The van der Waals surface area contributed by atoms with Gasteiger partial charge in [0, 0.05) is 31.4 Å². The summed E-state index contributed by atoms with van der Waals surface area (Å²) in [5, 5.41) is 8.20. The Labute approximate surface area is 122 Å². The molecule has 106 valence electrons. The smallest absolute Gasteiger partial charge is 0.244 e. The summed E-state index contributed by atoms with van der Waals surface area (Å²) in [6.07, 6.45) is 5.63. The van der Waals surface area contributed by atoms with Gasteiger partial charge in [-0.3, -0.25) is 9.48 Å². The first-order valence-corrected chi connectivity index (χ1v) is 7.65. The molecule has 0 bridgehead atoms. The highest BCUT2D eigenvalue weighted by Gasteiger charge is 2.35. The molecule has 5 nitrogen and oxygen atoms in total. The number of carbonyl (C=O) groups excluding carboxylic acids is 1. The lowest BCUT2D eigenvalue weighted by molar-refractivity contribution is -0.134. The van der Waals surface area contributed by atoms with Crippen molar-refractivity contribution in [3.05, 3.63) is 40.3 Å². The van der Waals surface area contributed by atoms with Gasteiger partial charge in [-0.25, -0.2) is 0 Å². The second kappa shape index (κ2) is 5.38. The zero-order chi connectivity index (χ0) is 14.1. The Kier molecular flexibility index (Phi) is 3.58. The van der Waals surface area contributed by atoms with E-state index < -0.39 is 6.04 Å². The van der Waals surface area contributed by atoms with E-state index in [1.807, 2.05) is 17.3 Å². The van der Waals surface area contributed by atoms with E-state index in [1.54, 1.807) is 28.4 Å². The molecule has 1 amide bonds. The predicted octanol–water partition coefficient (Wildman–Crippen LogP) is 1.67. The molecule has 3 rings (SSSR count). The van der Waals surface area contributed by atoms with E-state index in [9.17, 15) is 4.79 Å². The van der Waals surface area contributed by atoms with Crippen LogP contribution in [0.1, 0.15) is 30.0 Å². The van der Waals surface area contributed by atoms with Crippen LogP contribution in [0.25, 0.3) is 0 Å². The van der Waals surface area contributed by atoms with Crippen molar-refractivity contribution in [3.8, 4) is 0 Å². The molecule has 1 aliphatic carbocycles. The van der Waals surface area contributed by atoms with E-state index in [0.717, 1.165) is 18.4 Å². The number of nitrogens with two attached hydrogens (primary N) is 1. The topological polar surface area (TPSA) is 64.2 Å². The van der Waals surface area contributed by atoms with Crippen LogP contribution in [-0.4, -0.2) is 26.6 Å². The summed E-state index contributed by atoms with van der Waals surface area (Å²) in [6.45, 7) is 0.654. The Bertz CT molecular complexity index is 588. The number of aromatic nitrogens is 2. The van der Waals surface area contributed by atoms with Crippen molar-refractivity contribution in [2.45, 2.75) is 31.5 Å². The van der Waals surface area contributed by atoms with Crippen LogP contribution in [-0.2, 0) is 18.4 Å². The van der Waals surface area contributed by atoms with Crippen LogP contribution in [0.3, 0.4) is 0 Å². The molecule has 0 spiro atoms. The SMILES string of the molecule is Cn1cc(C(N)C(=O)N(Cc2ccsc2)C2CC2)cn1. The largest absolute Gasteiger partial charge is 0.334 e. The van der Waals surface area contributed by atoms with Gasteiger partial charge in [0.25, 0.3) is 0 Å². The lowest BCUT2D eigenvalue weighted by Crippen LogP contribution is -2.39. The van der Waals surface area contributed by atoms with Crippen molar-refractivity contribution < 1.29 is 4.79 Å². The van der Waals surface area contributed by atoms with Gasteiger partial charge in [-0.15, -0.1) is 0 Å². The van der Waals surface area contributed by atoms with Gasteiger partial charge in [0.15, 0.2) is 0 Å². The minimum atomic E-state index is -0.622. The molecular weight excluding hydrogens is 272 g/mol. The van der Waals surface area contributed by atoms with Gasteiger partial charge in [-0.2, -0.15) is 16.4 Å². The second-order valence-electron chi connectivity index (χ2n) is 5.25. The predicted molar refractivity (Wildman–Crippen MR) is 78.0 cm³/mol. The number of hydrogen-bond acceptors (Lipinski definition) is 4. The maximum Gasteiger partial charge on any atom is 0.244 e. The average molecular weight is 290 g/mol. The van der Waals surface area contributed by atoms with Crippen LogP contribution in [0.4, 0.5) is 0 Å². The summed E-state index contributed by atoms with van der Waals surface area (Å²) in [4.78, 5) is 14.5. The maximum absolute atomic E-state index is 12.6. The van der Waals surface area contributed by atoms with Gasteiger partial charge in [0.2, 0.25) is 5.91 Å². The van der Waals surface area contributed by atoms with E-state index in [0.29, 0.717) is 12.6 Å². The summed E-state index contributed by atoms with van der Waals surface area (Å²) in [6, 6.07) is 1.79. The van der Waals surface area contributed by atoms with Crippen molar-refractivity contribution in [2.75, 3.05) is 0 Å². The van der Waals surface area contributed by atoms with Crippen molar-refractivity contribution in [1.82, 2.24) is 14.7 Å². The lowest BCUT2D eigenvalue weighted by Gasteiger charge is -2.25. The summed E-state index contributed by atoms with van der Waals surface area (Å²) >= 11 is 1.65.